The van der Waals surface area contributed by atoms with Crippen LogP contribution in [-0.2, 0) is 4.79 Å². The molecule has 4 heterocycles. The predicted molar refractivity (Wildman–Crippen MR) is 153 cm³/mol. The first-order valence-electron chi connectivity index (χ1n) is 14.4. The van der Waals surface area contributed by atoms with Gasteiger partial charge in [-0.15, -0.1) is 0 Å². The van der Waals surface area contributed by atoms with Gasteiger partial charge in [0.05, 0.1) is 25.4 Å². The Morgan fingerprint density at radius 1 is 1.08 bits per heavy atom. The Morgan fingerprint density at radius 3 is 2.74 bits per heavy atom. The molecule has 6 rings (SSSR count). The Labute approximate surface area is 229 Å². The van der Waals surface area contributed by atoms with Crippen molar-refractivity contribution in [2.75, 3.05) is 26.8 Å². The summed E-state index contributed by atoms with van der Waals surface area (Å²) in [7, 11) is 1.67. The minimum atomic E-state index is 0.108. The number of aromatic amines is 1. The van der Waals surface area contributed by atoms with Crippen molar-refractivity contribution in [1.29, 1.82) is 0 Å². The lowest BCUT2D eigenvalue weighted by Crippen LogP contribution is -2.51. The molecule has 0 amide bonds. The molecule has 1 saturated carbocycles. The van der Waals surface area contributed by atoms with Crippen LogP contribution in [0.25, 0.3) is 21.9 Å². The number of fused-ring (bicyclic) bond motifs is 3. The number of hydrogen-bond acceptors (Lipinski definition) is 6. The number of ether oxygens (including phenoxy) is 2. The minimum Gasteiger partial charge on any atom is -0.497 e. The van der Waals surface area contributed by atoms with E-state index < -0.39 is 0 Å². The molecule has 1 aromatic carbocycles. The second kappa shape index (κ2) is 11.3. The first-order valence-corrected chi connectivity index (χ1v) is 14.4. The number of nitrogens with one attached hydrogen (secondary N) is 1. The standard InChI is InChI=1S/C32H38N4O3/c1-3-30(37)26-11-6-22(25-12-14-33-28-18-35-32-27(31(25)28)13-15-34-32)17-29(26)36-16-4-5-21(19-36)20-39-24-9-7-23(38-2)8-10-24/h7-10,12-15,18,21-22,26,29,33H,3-6,11,16-17,19-20H2,1-2H3. The zero-order chi connectivity index (χ0) is 26.8. The Hall–Kier alpha value is -3.45. The molecule has 2 fully saturated rings. The highest BCUT2D eigenvalue weighted by molar-refractivity contribution is 6.05. The van der Waals surface area contributed by atoms with Gasteiger partial charge in [0, 0.05) is 54.0 Å². The van der Waals surface area contributed by atoms with Gasteiger partial charge in [0.25, 0.3) is 0 Å². The lowest BCUT2D eigenvalue weighted by atomic mass is 9.72. The van der Waals surface area contributed by atoms with Gasteiger partial charge in [0.15, 0.2) is 5.65 Å². The summed E-state index contributed by atoms with van der Waals surface area (Å²) in [6, 6.07) is 12.4. The Balaban J connectivity index is 1.22. The normalized spacial score (nSPS) is 24.2. The number of rotatable bonds is 8. The van der Waals surface area contributed by atoms with Crippen LogP contribution in [0.4, 0.5) is 0 Å². The van der Waals surface area contributed by atoms with Gasteiger partial charge >= 0.3 is 0 Å². The first-order chi connectivity index (χ1) is 19.1. The number of carbonyl (C=O) groups is 1. The molecule has 1 aliphatic heterocycles. The lowest BCUT2D eigenvalue weighted by Gasteiger charge is -2.45. The van der Waals surface area contributed by atoms with Gasteiger partial charge in [-0.1, -0.05) is 6.92 Å². The molecule has 7 nitrogen and oxygen atoms in total. The highest BCUT2D eigenvalue weighted by atomic mass is 16.5. The number of carbonyl (C=O) groups excluding carboxylic acids is 1. The molecule has 0 radical (unpaired) electrons. The molecule has 1 saturated heterocycles. The number of pyridine rings is 2. The quantitative estimate of drug-likeness (QED) is 0.297. The molecule has 39 heavy (non-hydrogen) atoms. The van der Waals surface area contributed by atoms with Crippen molar-refractivity contribution in [3.05, 3.63) is 60.6 Å². The summed E-state index contributed by atoms with van der Waals surface area (Å²) in [6.07, 6.45) is 11.7. The molecule has 204 valence electrons. The summed E-state index contributed by atoms with van der Waals surface area (Å²) in [5, 5.41) is 2.34. The van der Waals surface area contributed by atoms with E-state index in [2.05, 4.69) is 32.0 Å². The average molecular weight is 527 g/mol. The summed E-state index contributed by atoms with van der Waals surface area (Å²) in [5.74, 6) is 3.07. The number of Topliss-reactive ketones (excluding diaryl/α,β-unsaturated/α-hetero) is 1. The molecule has 4 unspecified atom stereocenters. The molecule has 0 bridgehead atoms. The van der Waals surface area contributed by atoms with Crippen LogP contribution in [0.1, 0.15) is 56.9 Å². The highest BCUT2D eigenvalue weighted by Crippen LogP contribution is 2.43. The molecular formula is C32H38N4O3. The van der Waals surface area contributed by atoms with Crippen molar-refractivity contribution in [2.24, 2.45) is 11.8 Å². The number of likely N-dealkylation sites (tertiary alicyclic amines) is 1. The third kappa shape index (κ3) is 5.24. The van der Waals surface area contributed by atoms with Crippen molar-refractivity contribution in [3.63, 3.8) is 0 Å². The number of ketones is 1. The van der Waals surface area contributed by atoms with Crippen molar-refractivity contribution >= 4 is 27.7 Å². The molecule has 1 N–H and O–H groups in total. The van der Waals surface area contributed by atoms with E-state index in [4.69, 9.17) is 9.47 Å². The van der Waals surface area contributed by atoms with Crippen molar-refractivity contribution in [3.8, 4) is 11.5 Å². The summed E-state index contributed by atoms with van der Waals surface area (Å²) >= 11 is 0. The number of piperidine rings is 1. The van der Waals surface area contributed by atoms with Gasteiger partial charge in [0.2, 0.25) is 0 Å². The maximum atomic E-state index is 13.2. The number of hydrogen-bond donors (Lipinski definition) is 1. The Morgan fingerprint density at radius 2 is 1.92 bits per heavy atom. The van der Waals surface area contributed by atoms with Gasteiger partial charge in [-0.05, 0) is 86.5 Å². The fourth-order valence-electron chi connectivity index (χ4n) is 6.92. The Bertz CT molecular complexity index is 1430. The van der Waals surface area contributed by atoms with E-state index in [0.717, 1.165) is 73.2 Å². The lowest BCUT2D eigenvalue weighted by molar-refractivity contribution is -0.126. The van der Waals surface area contributed by atoms with E-state index in [1.807, 2.05) is 49.8 Å². The van der Waals surface area contributed by atoms with Gasteiger partial charge in [-0.25, -0.2) is 9.97 Å². The third-order valence-electron chi connectivity index (χ3n) is 8.91. The van der Waals surface area contributed by atoms with Gasteiger partial charge < -0.3 is 14.5 Å². The van der Waals surface area contributed by atoms with Crippen LogP contribution in [0.2, 0.25) is 0 Å². The zero-order valence-corrected chi connectivity index (χ0v) is 22.9. The largest absolute Gasteiger partial charge is 0.497 e. The van der Waals surface area contributed by atoms with Gasteiger partial charge in [-0.2, -0.15) is 0 Å². The SMILES string of the molecule is CCC(=O)C1CCC(c2cc[nH]c3cnc4nccc4c23)CC1N1CCCC(COc2ccc(OC)cc2)C1. The van der Waals surface area contributed by atoms with Crippen LogP contribution in [0.3, 0.4) is 0 Å². The van der Waals surface area contributed by atoms with Crippen molar-refractivity contribution in [1.82, 2.24) is 19.9 Å². The zero-order valence-electron chi connectivity index (χ0n) is 22.9. The predicted octanol–water partition coefficient (Wildman–Crippen LogP) is 6.14. The van der Waals surface area contributed by atoms with Gasteiger partial charge in [0.1, 0.15) is 17.3 Å². The monoisotopic (exact) mass is 526 g/mol. The molecule has 0 spiro atoms. The van der Waals surface area contributed by atoms with Crippen LogP contribution < -0.4 is 9.47 Å². The van der Waals surface area contributed by atoms with Crippen LogP contribution >= 0.6 is 0 Å². The molecule has 3 aromatic heterocycles. The first kappa shape index (κ1) is 25.8. The average Bonchev–Trinajstić information content (AvgIpc) is 3.49. The summed E-state index contributed by atoms with van der Waals surface area (Å²) in [5.41, 5.74) is 3.20. The molecule has 7 heteroatoms. The van der Waals surface area contributed by atoms with Crippen LogP contribution in [-0.4, -0.2) is 58.5 Å². The number of H-pyrrole nitrogens is 1. The van der Waals surface area contributed by atoms with Gasteiger partial charge in [-0.3, -0.25) is 9.69 Å². The van der Waals surface area contributed by atoms with Crippen LogP contribution in [0.15, 0.2) is 55.0 Å². The molecule has 1 aliphatic carbocycles. The molecule has 2 aliphatic rings. The van der Waals surface area contributed by atoms with E-state index >= 15 is 0 Å². The highest BCUT2D eigenvalue weighted by Gasteiger charge is 2.40. The third-order valence-corrected chi connectivity index (χ3v) is 8.91. The van der Waals surface area contributed by atoms with E-state index in [0.29, 0.717) is 30.6 Å². The van der Waals surface area contributed by atoms with E-state index in [-0.39, 0.29) is 12.0 Å². The maximum Gasteiger partial charge on any atom is 0.159 e. The van der Waals surface area contributed by atoms with E-state index in [1.54, 1.807) is 7.11 Å². The molecule has 4 atom stereocenters. The second-order valence-corrected chi connectivity index (χ2v) is 11.2. The number of aromatic nitrogens is 3. The fourth-order valence-corrected chi connectivity index (χ4v) is 6.92. The number of methoxy groups -OCH3 is 1. The molecular weight excluding hydrogens is 488 g/mol. The topological polar surface area (TPSA) is 80.3 Å². The smallest absolute Gasteiger partial charge is 0.159 e. The van der Waals surface area contributed by atoms with Crippen LogP contribution in [0, 0.1) is 11.8 Å². The van der Waals surface area contributed by atoms with Crippen molar-refractivity contribution < 1.29 is 14.3 Å². The second-order valence-electron chi connectivity index (χ2n) is 11.2. The van der Waals surface area contributed by atoms with E-state index in [9.17, 15) is 4.79 Å². The van der Waals surface area contributed by atoms with Crippen molar-refractivity contribution in [2.45, 2.75) is 57.4 Å². The number of benzene rings is 1. The maximum absolute atomic E-state index is 13.2. The minimum absolute atomic E-state index is 0.108. The fraction of sp³-hybridized carbons (Fsp3) is 0.469. The van der Waals surface area contributed by atoms with Crippen LogP contribution in [0.5, 0.6) is 11.5 Å². The Kier molecular flexibility index (Phi) is 7.51. The van der Waals surface area contributed by atoms with E-state index in [1.165, 1.54) is 10.9 Å². The summed E-state index contributed by atoms with van der Waals surface area (Å²) in [4.78, 5) is 28.2. The summed E-state index contributed by atoms with van der Waals surface area (Å²) < 4.78 is 11.5. The molecule has 4 aromatic rings. The number of nitrogens with zero attached hydrogens (tertiary/aromatic N) is 3. The summed E-state index contributed by atoms with van der Waals surface area (Å²) in [6.45, 7) is 4.73.